The zero-order valence-electron chi connectivity index (χ0n) is 17.1. The summed E-state index contributed by atoms with van der Waals surface area (Å²) in [5, 5.41) is 0.388. The first kappa shape index (κ1) is 21.3. The molecule has 1 amide bonds. The zero-order chi connectivity index (χ0) is 20.1. The Hall–Kier alpha value is -1.38. The fourth-order valence-corrected chi connectivity index (χ4v) is 4.86. The molecule has 1 unspecified atom stereocenters. The summed E-state index contributed by atoms with van der Waals surface area (Å²) in [5.41, 5.74) is 0.689. The smallest absolute Gasteiger partial charge is 0.254 e. The number of thioether (sulfide) groups is 1. The van der Waals surface area contributed by atoms with Gasteiger partial charge in [-0.1, -0.05) is 38.5 Å². The van der Waals surface area contributed by atoms with E-state index in [-0.39, 0.29) is 16.7 Å². The van der Waals surface area contributed by atoms with Crippen LogP contribution in [0.3, 0.4) is 0 Å². The summed E-state index contributed by atoms with van der Waals surface area (Å²) < 4.78 is 13.1. The van der Waals surface area contributed by atoms with Gasteiger partial charge in [0.2, 0.25) is 5.91 Å². The number of nitrogens with zero attached hydrogens (tertiary/aromatic N) is 3. The van der Waals surface area contributed by atoms with Crippen molar-refractivity contribution in [2.45, 2.75) is 68.6 Å². The number of carbonyl (C=O) groups excluding carboxylic acids is 1. The number of piperidine rings is 1. The van der Waals surface area contributed by atoms with Crippen LogP contribution in [0.1, 0.15) is 51.6 Å². The highest BCUT2D eigenvalue weighted by atomic mass is 32.2. The number of rotatable bonds is 7. The first-order chi connectivity index (χ1) is 13.5. The second-order valence-corrected chi connectivity index (χ2v) is 8.63. The van der Waals surface area contributed by atoms with E-state index in [2.05, 4.69) is 11.9 Å². The summed E-state index contributed by atoms with van der Waals surface area (Å²) in [6.07, 6.45) is 4.90. The van der Waals surface area contributed by atoms with Gasteiger partial charge in [0, 0.05) is 44.7 Å². The van der Waals surface area contributed by atoms with Crippen molar-refractivity contribution in [3.63, 3.8) is 0 Å². The van der Waals surface area contributed by atoms with E-state index < -0.39 is 5.79 Å². The van der Waals surface area contributed by atoms with E-state index in [1.54, 1.807) is 17.7 Å². The molecule has 0 radical (unpaired) electrons. The van der Waals surface area contributed by atoms with Crippen molar-refractivity contribution < 1.29 is 14.3 Å². The van der Waals surface area contributed by atoms with Gasteiger partial charge in [-0.25, -0.2) is 4.98 Å². The van der Waals surface area contributed by atoms with Gasteiger partial charge < -0.3 is 14.4 Å². The molecule has 2 aliphatic heterocycles. The van der Waals surface area contributed by atoms with Gasteiger partial charge in [0.05, 0.1) is 18.5 Å². The number of hydrogen-bond donors (Lipinski definition) is 0. The number of amides is 1. The highest BCUT2D eigenvalue weighted by molar-refractivity contribution is 8.00. The summed E-state index contributed by atoms with van der Waals surface area (Å²) in [7, 11) is 1.72. The number of aromatic nitrogens is 2. The van der Waals surface area contributed by atoms with Crippen molar-refractivity contribution in [3.8, 4) is 0 Å². The minimum absolute atomic E-state index is 0.0773. The number of unbranched alkanes of at least 4 members (excludes halogenated alkanes) is 1. The number of carbonyl (C=O) groups is 1. The lowest BCUT2D eigenvalue weighted by molar-refractivity contribution is -0.187. The third-order valence-corrected chi connectivity index (χ3v) is 6.80. The lowest BCUT2D eigenvalue weighted by Gasteiger charge is -2.38. The van der Waals surface area contributed by atoms with E-state index in [4.69, 9.17) is 9.47 Å². The van der Waals surface area contributed by atoms with Gasteiger partial charge in [-0.15, -0.1) is 0 Å². The molecule has 2 saturated heterocycles. The van der Waals surface area contributed by atoms with Crippen LogP contribution in [0.4, 0.5) is 0 Å². The molecule has 8 heteroatoms. The minimum atomic E-state index is -0.482. The lowest BCUT2D eigenvalue weighted by Crippen LogP contribution is -2.49. The van der Waals surface area contributed by atoms with E-state index in [1.165, 1.54) is 11.8 Å². The van der Waals surface area contributed by atoms with Gasteiger partial charge in [-0.3, -0.25) is 14.2 Å². The monoisotopic (exact) mass is 409 g/mol. The molecule has 1 atom stereocenters. The molecule has 0 bridgehead atoms. The van der Waals surface area contributed by atoms with Crippen LogP contribution in [0.25, 0.3) is 0 Å². The average molecular weight is 410 g/mol. The maximum Gasteiger partial charge on any atom is 0.254 e. The Balaban J connectivity index is 1.72. The average Bonchev–Trinajstić information content (AvgIpc) is 3.16. The van der Waals surface area contributed by atoms with Crippen LogP contribution in [0, 0.1) is 0 Å². The SMILES string of the molecule is CCCCC(Sc1nc(CC)cc(=O)n1C)C(=O)N1CCC2(CC1)OCCO2. The van der Waals surface area contributed by atoms with Gasteiger partial charge in [0.1, 0.15) is 0 Å². The first-order valence-corrected chi connectivity index (χ1v) is 11.2. The number of ether oxygens (including phenoxy) is 2. The second kappa shape index (κ2) is 9.41. The van der Waals surface area contributed by atoms with Crippen molar-refractivity contribution in [3.05, 3.63) is 22.1 Å². The molecule has 156 valence electrons. The van der Waals surface area contributed by atoms with E-state index in [9.17, 15) is 9.59 Å². The van der Waals surface area contributed by atoms with Crippen molar-refractivity contribution in [2.75, 3.05) is 26.3 Å². The Morgan fingerprint density at radius 2 is 1.96 bits per heavy atom. The van der Waals surface area contributed by atoms with Gasteiger partial charge in [-0.2, -0.15) is 0 Å². The largest absolute Gasteiger partial charge is 0.347 e. The highest BCUT2D eigenvalue weighted by Crippen LogP contribution is 2.33. The standard InChI is InChI=1S/C20H31N3O4S/c1-4-6-7-16(28-19-21-15(5-2)14-17(24)22(19)3)18(25)23-10-8-20(9-11-23)26-12-13-27-20/h14,16H,4-13H2,1-3H3. The van der Waals surface area contributed by atoms with Crippen LogP contribution in [0.2, 0.25) is 0 Å². The molecular formula is C20H31N3O4S. The molecule has 7 nitrogen and oxygen atoms in total. The summed E-state index contributed by atoms with van der Waals surface area (Å²) in [6.45, 7) is 6.66. The minimum Gasteiger partial charge on any atom is -0.347 e. The van der Waals surface area contributed by atoms with Crippen molar-refractivity contribution in [1.29, 1.82) is 0 Å². The summed E-state index contributed by atoms with van der Waals surface area (Å²) in [5.74, 6) is -0.355. The Kier molecular flexibility index (Phi) is 7.17. The van der Waals surface area contributed by atoms with E-state index in [0.29, 0.717) is 50.7 Å². The van der Waals surface area contributed by atoms with Crippen molar-refractivity contribution >= 4 is 17.7 Å². The van der Waals surface area contributed by atoms with Crippen LogP contribution >= 0.6 is 11.8 Å². The van der Waals surface area contributed by atoms with Crippen LogP contribution < -0.4 is 5.56 Å². The third-order valence-electron chi connectivity index (χ3n) is 5.50. The molecule has 0 aliphatic carbocycles. The van der Waals surface area contributed by atoms with Gasteiger partial charge in [0.15, 0.2) is 10.9 Å². The van der Waals surface area contributed by atoms with Crippen LogP contribution in [0.15, 0.2) is 16.0 Å². The summed E-state index contributed by atoms with van der Waals surface area (Å²) in [6, 6.07) is 1.57. The summed E-state index contributed by atoms with van der Waals surface area (Å²) >= 11 is 1.42. The molecule has 0 N–H and O–H groups in total. The van der Waals surface area contributed by atoms with Crippen LogP contribution in [0.5, 0.6) is 0 Å². The van der Waals surface area contributed by atoms with Gasteiger partial charge in [-0.05, 0) is 12.8 Å². The predicted molar refractivity (Wildman–Crippen MR) is 108 cm³/mol. The van der Waals surface area contributed by atoms with E-state index in [1.807, 2.05) is 11.8 Å². The van der Waals surface area contributed by atoms with Crippen LogP contribution in [-0.2, 0) is 27.7 Å². The molecule has 1 aromatic rings. The van der Waals surface area contributed by atoms with Crippen LogP contribution in [-0.4, -0.2) is 57.7 Å². The molecule has 3 heterocycles. The Morgan fingerprint density at radius 3 is 2.57 bits per heavy atom. The summed E-state index contributed by atoms with van der Waals surface area (Å²) in [4.78, 5) is 32.0. The maximum atomic E-state index is 13.3. The zero-order valence-corrected chi connectivity index (χ0v) is 17.9. The molecular weight excluding hydrogens is 378 g/mol. The molecule has 2 fully saturated rings. The Labute approximate surface area is 170 Å². The number of aryl methyl sites for hydroxylation is 1. The molecule has 1 spiro atoms. The normalized spacial score (nSPS) is 19.9. The molecule has 28 heavy (non-hydrogen) atoms. The number of likely N-dealkylation sites (tertiary alicyclic amines) is 1. The second-order valence-electron chi connectivity index (χ2n) is 7.46. The topological polar surface area (TPSA) is 73.7 Å². The predicted octanol–water partition coefficient (Wildman–Crippen LogP) is 2.36. The van der Waals surface area contributed by atoms with E-state index in [0.717, 1.165) is 25.0 Å². The Morgan fingerprint density at radius 1 is 1.29 bits per heavy atom. The Bertz CT molecular complexity index is 735. The van der Waals surface area contributed by atoms with Crippen molar-refractivity contribution in [1.82, 2.24) is 14.5 Å². The molecule has 3 rings (SSSR count). The first-order valence-electron chi connectivity index (χ1n) is 10.3. The fourth-order valence-electron chi connectivity index (χ4n) is 3.66. The number of hydrogen-bond acceptors (Lipinski definition) is 6. The molecule has 1 aromatic heterocycles. The van der Waals surface area contributed by atoms with Gasteiger partial charge in [0.25, 0.3) is 5.56 Å². The highest BCUT2D eigenvalue weighted by Gasteiger charge is 2.41. The molecule has 0 aromatic carbocycles. The van der Waals surface area contributed by atoms with Crippen molar-refractivity contribution in [2.24, 2.45) is 7.05 Å². The third kappa shape index (κ3) is 4.78. The molecule has 2 aliphatic rings. The van der Waals surface area contributed by atoms with Gasteiger partial charge >= 0.3 is 0 Å². The quantitative estimate of drug-likeness (QED) is 0.508. The lowest BCUT2D eigenvalue weighted by atomic mass is 10.0. The maximum absolute atomic E-state index is 13.3. The molecule has 0 saturated carbocycles. The van der Waals surface area contributed by atoms with E-state index >= 15 is 0 Å². The fraction of sp³-hybridized carbons (Fsp3) is 0.750.